The van der Waals surface area contributed by atoms with Gasteiger partial charge in [-0.05, 0) is 102 Å². The summed E-state index contributed by atoms with van der Waals surface area (Å²) >= 11 is 0. The number of esters is 1. The smallest absolute Gasteiger partial charge is 0.456 e. The van der Waals surface area contributed by atoms with Gasteiger partial charge in [0.1, 0.15) is 19.3 Å². The molecule has 0 saturated carbocycles. The zero-order valence-corrected chi connectivity index (χ0v) is 51.3. The van der Waals surface area contributed by atoms with E-state index in [-0.39, 0.29) is 25.5 Å². The molecule has 0 aliphatic heterocycles. The number of carbonyl (C=O) groups is 2. The van der Waals surface area contributed by atoms with Crippen LogP contribution in [0.15, 0.2) is 109 Å². The molecule has 0 aliphatic rings. The van der Waals surface area contributed by atoms with Gasteiger partial charge in [-0.3, -0.25) is 18.6 Å². The van der Waals surface area contributed by atoms with Gasteiger partial charge in [0.05, 0.1) is 33.8 Å². The molecule has 442 valence electrons. The van der Waals surface area contributed by atoms with Crippen LogP contribution < -0.4 is 5.32 Å². The fraction of sp³-hybridized carbons (Fsp3) is 0.701. The van der Waals surface area contributed by atoms with E-state index in [4.69, 9.17) is 13.8 Å². The van der Waals surface area contributed by atoms with E-state index >= 15 is 0 Å². The lowest BCUT2D eigenvalue weighted by molar-refractivity contribution is -0.870. The molecule has 0 aromatic rings. The normalized spacial score (nSPS) is 14.4. The third-order valence-corrected chi connectivity index (χ3v) is 14.2. The number of unbranched alkanes of at least 4 members (excludes halogenated alkanes) is 23. The molecule has 0 fully saturated rings. The van der Waals surface area contributed by atoms with Crippen LogP contribution in [0.2, 0.25) is 0 Å². The second-order valence-electron chi connectivity index (χ2n) is 21.8. The number of phosphoric ester groups is 1. The number of allylic oxidation sites excluding steroid dienone is 17. The summed E-state index contributed by atoms with van der Waals surface area (Å²) in [7, 11) is 1.45. The van der Waals surface area contributed by atoms with E-state index in [9.17, 15) is 19.0 Å². The van der Waals surface area contributed by atoms with Crippen molar-refractivity contribution in [2.24, 2.45) is 0 Å². The predicted octanol–water partition coefficient (Wildman–Crippen LogP) is 19.3. The summed E-state index contributed by atoms with van der Waals surface area (Å²) in [5, 5.41) is 3.03. The minimum Gasteiger partial charge on any atom is -0.456 e. The van der Waals surface area contributed by atoms with Crippen molar-refractivity contribution in [3.05, 3.63) is 109 Å². The zero-order chi connectivity index (χ0) is 56.4. The standard InChI is InChI=1S/C67H117N2O7P/c1-7-10-13-16-19-22-25-27-28-29-30-31-32-33-34-35-36-37-38-39-40-42-44-47-50-53-56-59-66(70)68-64(63-75-77(72,73)74-62-61-69(4,5)6)65(58-55-52-49-46-43-24-21-18-15-12-9-3)76-67(71)60-57-54-51-48-45-41-26-23-20-17-14-11-8-2/h10,13,19,22,27-28,30-31,33-34,36-37,41,45,51,54-55,58,64-65H,7-9,11-12,14-18,20-21,23-26,29,32,35,38-40,42-44,46-50,52-53,56-57,59-63H2,1-6H3,(H-,68,70,72,73)/p+1/b13-10-,22-19-,28-27-,31-30-,34-33-,37-36-,45-41-,54-51+,58-55-. The maximum Gasteiger partial charge on any atom is 0.472 e. The van der Waals surface area contributed by atoms with Crippen LogP contribution in [0.25, 0.3) is 0 Å². The highest BCUT2D eigenvalue weighted by molar-refractivity contribution is 7.47. The highest BCUT2D eigenvalue weighted by Gasteiger charge is 2.30. The van der Waals surface area contributed by atoms with Gasteiger partial charge in [0, 0.05) is 12.8 Å². The van der Waals surface area contributed by atoms with Gasteiger partial charge in [-0.2, -0.15) is 0 Å². The number of likely N-dealkylation sites (N-methyl/N-ethyl adjacent to an activating group) is 1. The lowest BCUT2D eigenvalue weighted by Gasteiger charge is -2.27. The minimum atomic E-state index is -4.47. The molecule has 0 aromatic heterocycles. The number of amides is 1. The van der Waals surface area contributed by atoms with Crippen molar-refractivity contribution >= 4 is 19.7 Å². The van der Waals surface area contributed by atoms with Crippen molar-refractivity contribution in [1.82, 2.24) is 5.32 Å². The molecule has 2 N–H and O–H groups in total. The van der Waals surface area contributed by atoms with Crippen molar-refractivity contribution in [2.45, 2.75) is 264 Å². The first-order valence-electron chi connectivity index (χ1n) is 31.2. The maximum atomic E-state index is 13.5. The van der Waals surface area contributed by atoms with Crippen molar-refractivity contribution in [3.63, 3.8) is 0 Å². The van der Waals surface area contributed by atoms with Crippen molar-refractivity contribution in [3.8, 4) is 0 Å². The predicted molar refractivity (Wildman–Crippen MR) is 332 cm³/mol. The molecule has 0 spiro atoms. The van der Waals surface area contributed by atoms with Crippen LogP contribution in [0, 0.1) is 0 Å². The van der Waals surface area contributed by atoms with Crippen LogP contribution in [0.4, 0.5) is 0 Å². The first kappa shape index (κ1) is 73.7. The molecule has 0 aromatic carbocycles. The largest absolute Gasteiger partial charge is 0.472 e. The third kappa shape index (κ3) is 57.2. The van der Waals surface area contributed by atoms with Crippen molar-refractivity contribution < 1.29 is 37.3 Å². The number of rotatable bonds is 55. The molecule has 0 radical (unpaired) electrons. The lowest BCUT2D eigenvalue weighted by atomic mass is 10.1. The van der Waals surface area contributed by atoms with Crippen molar-refractivity contribution in [2.75, 3.05) is 40.9 Å². The van der Waals surface area contributed by atoms with Crippen LogP contribution >= 0.6 is 7.82 Å². The van der Waals surface area contributed by atoms with E-state index in [1.165, 1.54) is 109 Å². The maximum absolute atomic E-state index is 13.5. The zero-order valence-electron chi connectivity index (χ0n) is 50.4. The number of quaternary nitrogens is 1. The number of nitrogens with zero attached hydrogens (tertiary/aromatic N) is 1. The van der Waals surface area contributed by atoms with E-state index in [1.54, 1.807) is 0 Å². The summed E-state index contributed by atoms with van der Waals surface area (Å²) in [6.07, 6.45) is 76.8. The van der Waals surface area contributed by atoms with E-state index in [0.29, 0.717) is 23.9 Å². The molecule has 0 rings (SSSR count). The summed E-state index contributed by atoms with van der Waals surface area (Å²) in [6, 6.07) is -0.881. The summed E-state index contributed by atoms with van der Waals surface area (Å²) in [6.45, 7) is 6.83. The molecule has 10 heteroatoms. The Balaban J connectivity index is 5.15. The highest BCUT2D eigenvalue weighted by Crippen LogP contribution is 2.43. The number of ether oxygens (including phenoxy) is 1. The molecule has 3 atom stereocenters. The van der Waals surface area contributed by atoms with Gasteiger partial charge >= 0.3 is 13.8 Å². The van der Waals surface area contributed by atoms with E-state index in [1.807, 2.05) is 39.4 Å². The number of hydrogen-bond donors (Lipinski definition) is 2. The average molecular weight is 1090 g/mol. The van der Waals surface area contributed by atoms with Gasteiger partial charge in [0.25, 0.3) is 0 Å². The molecule has 0 heterocycles. The number of hydrogen-bond acceptors (Lipinski definition) is 6. The molecule has 0 aliphatic carbocycles. The molecular weight excluding hydrogens is 976 g/mol. The quantitative estimate of drug-likeness (QED) is 0.0205. The Labute approximate surface area is 474 Å². The second-order valence-corrected chi connectivity index (χ2v) is 23.3. The lowest BCUT2D eigenvalue weighted by Crippen LogP contribution is -2.47. The number of carbonyl (C=O) groups excluding carboxylic acids is 2. The number of nitrogens with one attached hydrogen (secondary N) is 1. The summed E-state index contributed by atoms with van der Waals surface area (Å²) in [5.41, 5.74) is 0. The Morgan fingerprint density at radius 1 is 0.468 bits per heavy atom. The van der Waals surface area contributed by atoms with E-state index < -0.39 is 25.9 Å². The van der Waals surface area contributed by atoms with Gasteiger partial charge in [0.2, 0.25) is 5.91 Å². The van der Waals surface area contributed by atoms with Gasteiger partial charge < -0.3 is 19.4 Å². The molecular formula is C67H118N2O7P+. The monoisotopic (exact) mass is 1090 g/mol. The van der Waals surface area contributed by atoms with Crippen LogP contribution in [-0.4, -0.2) is 74.3 Å². The Morgan fingerprint density at radius 3 is 1.27 bits per heavy atom. The summed E-state index contributed by atoms with van der Waals surface area (Å²) < 4.78 is 30.6. The van der Waals surface area contributed by atoms with Crippen LogP contribution in [0.5, 0.6) is 0 Å². The average Bonchev–Trinajstić information content (AvgIpc) is 3.39. The molecule has 0 saturated heterocycles. The Hall–Kier alpha value is -3.33. The first-order chi connectivity index (χ1) is 37.4. The molecule has 9 nitrogen and oxygen atoms in total. The highest BCUT2D eigenvalue weighted by atomic mass is 31.2. The van der Waals surface area contributed by atoms with E-state index in [2.05, 4.69) is 117 Å². The first-order valence-corrected chi connectivity index (χ1v) is 32.7. The van der Waals surface area contributed by atoms with Gasteiger partial charge in [-0.15, -0.1) is 0 Å². The molecule has 0 bridgehead atoms. The topological polar surface area (TPSA) is 111 Å². The van der Waals surface area contributed by atoms with Crippen LogP contribution in [0.1, 0.15) is 252 Å². The second kappa shape index (κ2) is 56.0. The summed E-state index contributed by atoms with van der Waals surface area (Å²) in [5.74, 6) is -0.599. The van der Waals surface area contributed by atoms with Crippen LogP contribution in [0.3, 0.4) is 0 Å². The van der Waals surface area contributed by atoms with E-state index in [0.717, 1.165) is 103 Å². The fourth-order valence-corrected chi connectivity index (χ4v) is 9.14. The summed E-state index contributed by atoms with van der Waals surface area (Å²) in [4.78, 5) is 37.6. The van der Waals surface area contributed by atoms with Gasteiger partial charge in [-0.25, -0.2) is 4.57 Å². The SMILES string of the molecule is CC/C=C\C/C=C\C/C=C\C/C=C\C/C=C\C/C=C\CCCCCCCCCCC(=O)NC(COP(=O)(O)OCC[N+](C)(C)C)C(/C=C\CCCCCCCCCCC)OC(=O)CC/C=C/C/C=C\CCCCCCCC. The van der Waals surface area contributed by atoms with Crippen molar-refractivity contribution in [1.29, 1.82) is 0 Å². The molecule has 1 amide bonds. The van der Waals surface area contributed by atoms with Gasteiger partial charge in [0.15, 0.2) is 0 Å². The number of phosphoric acid groups is 1. The molecule has 3 unspecified atom stereocenters. The third-order valence-electron chi connectivity index (χ3n) is 13.2. The molecule has 77 heavy (non-hydrogen) atoms. The van der Waals surface area contributed by atoms with Crippen LogP contribution in [-0.2, 0) is 27.9 Å². The van der Waals surface area contributed by atoms with Gasteiger partial charge in [-0.1, -0.05) is 246 Å². The fourth-order valence-electron chi connectivity index (χ4n) is 8.41. The Morgan fingerprint density at radius 2 is 0.844 bits per heavy atom. The Bertz CT molecular complexity index is 1690. The Kier molecular flexibility index (Phi) is 53.5. The minimum absolute atomic E-state index is 0.0259.